The van der Waals surface area contributed by atoms with Crippen LogP contribution in [0, 0.1) is 0 Å². The van der Waals surface area contributed by atoms with Crippen molar-refractivity contribution in [1.82, 2.24) is 10.2 Å². The summed E-state index contributed by atoms with van der Waals surface area (Å²) >= 11 is 0. The van der Waals surface area contributed by atoms with Gasteiger partial charge in [-0.3, -0.25) is 4.79 Å². The van der Waals surface area contributed by atoms with Gasteiger partial charge in [0.1, 0.15) is 12.1 Å². The molecule has 1 aromatic rings. The van der Waals surface area contributed by atoms with Crippen molar-refractivity contribution < 1.29 is 14.5 Å². The monoisotopic (exact) mass is 385 g/mol. The highest BCUT2D eigenvalue weighted by molar-refractivity contribution is 6.06. The van der Waals surface area contributed by atoms with Crippen LogP contribution in [0.2, 0.25) is 0 Å². The maximum atomic E-state index is 12.9. The molecule has 1 atom stereocenters. The van der Waals surface area contributed by atoms with Gasteiger partial charge in [0, 0.05) is 24.3 Å². The molecule has 6 heteroatoms. The molecule has 1 unspecified atom stereocenters. The molecule has 0 radical (unpaired) electrons. The van der Waals surface area contributed by atoms with E-state index in [4.69, 9.17) is 0 Å². The third-order valence-corrected chi connectivity index (χ3v) is 6.54. The Hall–Kier alpha value is -2.08. The molecule has 3 aliphatic rings. The van der Waals surface area contributed by atoms with E-state index in [1.54, 1.807) is 0 Å². The van der Waals surface area contributed by atoms with Crippen molar-refractivity contribution in [2.45, 2.75) is 63.5 Å². The van der Waals surface area contributed by atoms with Crippen molar-refractivity contribution in [1.29, 1.82) is 0 Å². The minimum Gasteiger partial charge on any atom is -0.372 e. The summed E-state index contributed by atoms with van der Waals surface area (Å²) < 4.78 is 0. The van der Waals surface area contributed by atoms with Gasteiger partial charge in [-0.25, -0.2) is 9.69 Å². The summed E-state index contributed by atoms with van der Waals surface area (Å²) in [6, 6.07) is 8.56. The number of urea groups is 1. The van der Waals surface area contributed by atoms with Gasteiger partial charge in [0.2, 0.25) is 0 Å². The number of anilines is 1. The maximum absolute atomic E-state index is 12.9. The number of rotatable bonds is 5. The summed E-state index contributed by atoms with van der Waals surface area (Å²) in [5.74, 6) is -0.0167. The summed E-state index contributed by atoms with van der Waals surface area (Å²) in [5.41, 5.74) is 1.92. The highest BCUT2D eigenvalue weighted by Gasteiger charge is 2.52. The minimum absolute atomic E-state index is 0.0167. The highest BCUT2D eigenvalue weighted by atomic mass is 16.2. The van der Waals surface area contributed by atoms with E-state index >= 15 is 0 Å². The summed E-state index contributed by atoms with van der Waals surface area (Å²) in [5, 5.41) is 3.00. The number of quaternary nitrogens is 1. The minimum atomic E-state index is -0.619. The van der Waals surface area contributed by atoms with Crippen LogP contribution in [0.1, 0.15) is 56.9 Å². The number of amides is 3. The van der Waals surface area contributed by atoms with E-state index in [1.807, 2.05) is 7.05 Å². The number of benzene rings is 1. The predicted molar refractivity (Wildman–Crippen MR) is 109 cm³/mol. The number of nitrogens with one attached hydrogen (secondary N) is 2. The molecule has 3 amide bonds. The van der Waals surface area contributed by atoms with Crippen LogP contribution in [0.25, 0.3) is 0 Å². The zero-order valence-electron chi connectivity index (χ0n) is 17.0. The van der Waals surface area contributed by atoms with Crippen molar-refractivity contribution in [2.75, 3.05) is 31.7 Å². The van der Waals surface area contributed by atoms with Crippen molar-refractivity contribution in [3.63, 3.8) is 0 Å². The van der Waals surface area contributed by atoms with Crippen molar-refractivity contribution in [3.05, 3.63) is 29.8 Å². The van der Waals surface area contributed by atoms with Crippen LogP contribution in [0.5, 0.6) is 0 Å². The number of carbonyl (C=O) groups excluding carboxylic acids is 2. The summed E-state index contributed by atoms with van der Waals surface area (Å²) in [4.78, 5) is 30.4. The number of hydrogen-bond acceptors (Lipinski definition) is 3. The molecule has 2 saturated heterocycles. The van der Waals surface area contributed by atoms with Gasteiger partial charge >= 0.3 is 6.03 Å². The zero-order chi connectivity index (χ0) is 19.6. The molecule has 3 fully saturated rings. The Kier molecular flexibility index (Phi) is 5.58. The number of nitrogens with zero attached hydrogens (tertiary/aromatic N) is 2. The molecule has 152 valence electrons. The molecule has 0 bridgehead atoms. The Balaban J connectivity index is 1.34. The molecule has 2 heterocycles. The van der Waals surface area contributed by atoms with Crippen LogP contribution < -0.4 is 15.1 Å². The van der Waals surface area contributed by atoms with Gasteiger partial charge < -0.3 is 15.1 Å². The van der Waals surface area contributed by atoms with Crippen molar-refractivity contribution >= 4 is 17.6 Å². The summed E-state index contributed by atoms with van der Waals surface area (Å²) in [7, 11) is 2.05. The first kappa shape index (κ1) is 19.2. The molecule has 2 N–H and O–H groups in total. The molecule has 4 rings (SSSR count). The van der Waals surface area contributed by atoms with Gasteiger partial charge in [-0.05, 0) is 44.2 Å². The number of imide groups is 1. The van der Waals surface area contributed by atoms with Crippen LogP contribution in [0.3, 0.4) is 0 Å². The smallest absolute Gasteiger partial charge is 0.329 e. The molecule has 0 aromatic heterocycles. The van der Waals surface area contributed by atoms with Crippen LogP contribution in [0.15, 0.2) is 24.3 Å². The standard InChI is InChI=1S/C22H32N4O2/c1-24(16-18-8-10-19(11-9-18)25-14-6-3-7-15-25)17-26-20(27)22(23-21(26)28)12-4-2-5-13-22/h8-11H,2-7,12-17H2,1H3,(H,23,28)/p+1. The third kappa shape index (κ3) is 3.88. The average molecular weight is 386 g/mol. The maximum Gasteiger partial charge on any atom is 0.329 e. The van der Waals surface area contributed by atoms with Crippen LogP contribution >= 0.6 is 0 Å². The lowest BCUT2D eigenvalue weighted by Gasteiger charge is -2.30. The molecule has 1 saturated carbocycles. The van der Waals surface area contributed by atoms with Crippen molar-refractivity contribution in [3.8, 4) is 0 Å². The molecule has 1 spiro atoms. The van der Waals surface area contributed by atoms with Gasteiger partial charge in [-0.2, -0.15) is 0 Å². The molecule has 28 heavy (non-hydrogen) atoms. The molecule has 1 aliphatic carbocycles. The lowest BCUT2D eigenvalue weighted by atomic mass is 9.82. The first-order valence-electron chi connectivity index (χ1n) is 10.9. The quantitative estimate of drug-likeness (QED) is 0.762. The summed E-state index contributed by atoms with van der Waals surface area (Å²) in [6.07, 6.45) is 8.66. The van der Waals surface area contributed by atoms with Gasteiger partial charge in [-0.1, -0.05) is 31.4 Å². The molecule has 2 aliphatic heterocycles. The van der Waals surface area contributed by atoms with E-state index in [0.717, 1.165) is 56.6 Å². The van der Waals surface area contributed by atoms with E-state index in [-0.39, 0.29) is 11.9 Å². The van der Waals surface area contributed by atoms with Gasteiger partial charge in [0.25, 0.3) is 5.91 Å². The number of piperidine rings is 1. The van der Waals surface area contributed by atoms with E-state index in [0.29, 0.717) is 6.67 Å². The Bertz CT molecular complexity index is 706. The second-order valence-electron chi connectivity index (χ2n) is 8.81. The molecular weight excluding hydrogens is 352 g/mol. The Labute approximate surface area is 167 Å². The topological polar surface area (TPSA) is 57.1 Å². The fraction of sp³-hybridized carbons (Fsp3) is 0.636. The summed E-state index contributed by atoms with van der Waals surface area (Å²) in [6.45, 7) is 3.52. The van der Waals surface area contributed by atoms with Crippen LogP contribution in [-0.4, -0.2) is 49.2 Å². The SMILES string of the molecule is C[NH+](Cc1ccc(N2CCCCC2)cc1)CN1C(=O)NC2(CCCCC2)C1=O. The van der Waals surface area contributed by atoms with E-state index in [1.165, 1.54) is 35.4 Å². The molecule has 1 aromatic carbocycles. The lowest BCUT2D eigenvalue weighted by molar-refractivity contribution is -0.901. The molecular formula is C22H33N4O2+. The largest absolute Gasteiger partial charge is 0.372 e. The normalized spacial score (nSPS) is 23.2. The first-order valence-corrected chi connectivity index (χ1v) is 10.9. The third-order valence-electron chi connectivity index (χ3n) is 6.54. The molecule has 6 nitrogen and oxygen atoms in total. The second-order valence-corrected chi connectivity index (χ2v) is 8.81. The van der Waals surface area contributed by atoms with Crippen LogP contribution in [0.4, 0.5) is 10.5 Å². The number of hydrogen-bond donors (Lipinski definition) is 2. The van der Waals surface area contributed by atoms with E-state index < -0.39 is 5.54 Å². The lowest BCUT2D eigenvalue weighted by Crippen LogP contribution is -3.09. The van der Waals surface area contributed by atoms with Gasteiger partial charge in [-0.15, -0.1) is 0 Å². The fourth-order valence-electron chi connectivity index (χ4n) is 4.97. The second kappa shape index (κ2) is 8.11. The average Bonchev–Trinajstić information content (AvgIpc) is 2.93. The van der Waals surface area contributed by atoms with Crippen molar-refractivity contribution in [2.24, 2.45) is 0 Å². The Morgan fingerprint density at radius 3 is 2.29 bits per heavy atom. The fourth-order valence-corrected chi connectivity index (χ4v) is 4.97. The Morgan fingerprint density at radius 2 is 1.61 bits per heavy atom. The zero-order valence-corrected chi connectivity index (χ0v) is 17.0. The van der Waals surface area contributed by atoms with Gasteiger partial charge in [0.15, 0.2) is 6.67 Å². The van der Waals surface area contributed by atoms with Gasteiger partial charge in [0.05, 0.1) is 7.05 Å². The van der Waals surface area contributed by atoms with E-state index in [2.05, 4.69) is 34.5 Å². The first-order chi connectivity index (χ1) is 13.6. The highest BCUT2D eigenvalue weighted by Crippen LogP contribution is 2.33. The predicted octanol–water partition coefficient (Wildman–Crippen LogP) is 1.90. The van der Waals surface area contributed by atoms with E-state index in [9.17, 15) is 9.59 Å². The Morgan fingerprint density at radius 1 is 0.964 bits per heavy atom. The number of carbonyl (C=O) groups is 2. The van der Waals surface area contributed by atoms with Crippen LogP contribution in [-0.2, 0) is 11.3 Å².